The molecule has 0 bridgehead atoms. The van der Waals surface area contributed by atoms with Crippen molar-refractivity contribution in [1.29, 1.82) is 0 Å². The van der Waals surface area contributed by atoms with Crippen LogP contribution in [0.2, 0.25) is 0 Å². The van der Waals surface area contributed by atoms with Crippen molar-refractivity contribution in [2.45, 2.75) is 32.7 Å². The number of hydrogen-bond donors (Lipinski definition) is 0. The molecule has 0 fully saturated rings. The molecule has 0 aliphatic rings. The first-order valence-corrected chi connectivity index (χ1v) is 6.43. The minimum absolute atomic E-state index is 0.115. The highest BCUT2D eigenvalue weighted by atomic mass is 16.5. The molecule has 1 aromatic heterocycles. The van der Waals surface area contributed by atoms with Crippen molar-refractivity contribution in [3.63, 3.8) is 0 Å². The summed E-state index contributed by atoms with van der Waals surface area (Å²) in [5.74, 6) is 2.41. The lowest BCUT2D eigenvalue weighted by atomic mass is 9.96. The van der Waals surface area contributed by atoms with Gasteiger partial charge in [-0.15, -0.1) is 5.10 Å². The first-order chi connectivity index (χ1) is 9.45. The van der Waals surface area contributed by atoms with Gasteiger partial charge in [-0.2, -0.15) is 0 Å². The zero-order valence-electron chi connectivity index (χ0n) is 12.5. The lowest BCUT2D eigenvalue weighted by Gasteiger charge is -2.18. The van der Waals surface area contributed by atoms with Gasteiger partial charge in [-0.25, -0.2) is 4.68 Å². The van der Waals surface area contributed by atoms with Gasteiger partial charge in [0.2, 0.25) is 0 Å². The van der Waals surface area contributed by atoms with Gasteiger partial charge in [0.05, 0.1) is 20.8 Å². The minimum atomic E-state index is -0.115. The van der Waals surface area contributed by atoms with Crippen LogP contribution in [0.25, 0.3) is 0 Å². The summed E-state index contributed by atoms with van der Waals surface area (Å²) in [6.45, 7) is 6.79. The third-order valence-electron chi connectivity index (χ3n) is 3.01. The average molecular weight is 276 g/mol. The quantitative estimate of drug-likeness (QED) is 0.855. The van der Waals surface area contributed by atoms with Crippen LogP contribution in [0.4, 0.5) is 0 Å². The van der Waals surface area contributed by atoms with Crippen LogP contribution in [0, 0.1) is 0 Å². The van der Waals surface area contributed by atoms with E-state index in [9.17, 15) is 0 Å². The zero-order chi connectivity index (χ0) is 14.8. The van der Waals surface area contributed by atoms with E-state index in [0.717, 1.165) is 22.9 Å². The molecule has 0 unspecified atom stereocenters. The summed E-state index contributed by atoms with van der Waals surface area (Å²) in [6, 6.07) is 5.69. The van der Waals surface area contributed by atoms with Crippen LogP contribution in [0.5, 0.6) is 11.5 Å². The lowest BCUT2D eigenvalue weighted by molar-refractivity contribution is 0.394. The third kappa shape index (κ3) is 2.89. The van der Waals surface area contributed by atoms with Gasteiger partial charge in [0.15, 0.2) is 5.82 Å². The Kier molecular flexibility index (Phi) is 3.92. The van der Waals surface area contributed by atoms with E-state index in [0.29, 0.717) is 6.54 Å². The summed E-state index contributed by atoms with van der Waals surface area (Å²) >= 11 is 0. The Labute approximate surface area is 118 Å². The number of benzene rings is 1. The number of aromatic nitrogens is 4. The molecule has 6 heteroatoms. The summed E-state index contributed by atoms with van der Waals surface area (Å²) in [7, 11) is 3.29. The fraction of sp³-hybridized carbons (Fsp3) is 0.500. The van der Waals surface area contributed by atoms with Gasteiger partial charge >= 0.3 is 0 Å². The molecule has 2 aromatic rings. The molecule has 0 saturated carbocycles. The second kappa shape index (κ2) is 5.48. The van der Waals surface area contributed by atoms with Crippen molar-refractivity contribution in [2.24, 2.45) is 0 Å². The van der Waals surface area contributed by atoms with Crippen LogP contribution < -0.4 is 9.47 Å². The van der Waals surface area contributed by atoms with Gasteiger partial charge in [0.1, 0.15) is 11.5 Å². The maximum absolute atomic E-state index is 5.38. The number of tetrazole rings is 1. The molecule has 6 nitrogen and oxygen atoms in total. The van der Waals surface area contributed by atoms with Gasteiger partial charge < -0.3 is 9.47 Å². The predicted octanol–water partition coefficient (Wildman–Crippen LogP) is 2.04. The molecule has 0 saturated heterocycles. The summed E-state index contributed by atoms with van der Waals surface area (Å²) < 4.78 is 12.4. The van der Waals surface area contributed by atoms with E-state index >= 15 is 0 Å². The molecule has 0 amide bonds. The summed E-state index contributed by atoms with van der Waals surface area (Å²) in [5, 5.41) is 12.0. The van der Waals surface area contributed by atoms with Crippen LogP contribution in [-0.2, 0) is 12.0 Å². The Balaban J connectivity index is 2.37. The molecule has 1 heterocycles. The van der Waals surface area contributed by atoms with Gasteiger partial charge in [0.25, 0.3) is 0 Å². The van der Waals surface area contributed by atoms with E-state index in [1.54, 1.807) is 18.9 Å². The van der Waals surface area contributed by atoms with Crippen molar-refractivity contribution < 1.29 is 9.47 Å². The lowest BCUT2D eigenvalue weighted by Crippen LogP contribution is -2.20. The van der Waals surface area contributed by atoms with Crippen molar-refractivity contribution in [1.82, 2.24) is 20.2 Å². The number of methoxy groups -OCH3 is 2. The first kappa shape index (κ1) is 14.3. The third-order valence-corrected chi connectivity index (χ3v) is 3.01. The van der Waals surface area contributed by atoms with E-state index in [1.165, 1.54) is 0 Å². The van der Waals surface area contributed by atoms with Crippen molar-refractivity contribution in [3.05, 3.63) is 29.6 Å². The van der Waals surface area contributed by atoms with E-state index in [4.69, 9.17) is 9.47 Å². The molecule has 0 N–H and O–H groups in total. The second-order valence-electron chi connectivity index (χ2n) is 5.59. The molecule has 108 valence electrons. The highest BCUT2D eigenvalue weighted by Gasteiger charge is 2.22. The van der Waals surface area contributed by atoms with E-state index in [2.05, 4.69) is 36.3 Å². The molecule has 0 spiro atoms. The van der Waals surface area contributed by atoms with Crippen LogP contribution in [0.15, 0.2) is 18.2 Å². The number of hydrogen-bond acceptors (Lipinski definition) is 5. The Morgan fingerprint density at radius 2 is 1.90 bits per heavy atom. The average Bonchev–Trinajstić information content (AvgIpc) is 2.86. The summed E-state index contributed by atoms with van der Waals surface area (Å²) in [5.41, 5.74) is 0.861. The fourth-order valence-electron chi connectivity index (χ4n) is 2.02. The van der Waals surface area contributed by atoms with Gasteiger partial charge in [-0.1, -0.05) is 20.8 Å². The molecular formula is C14H20N4O2. The highest BCUT2D eigenvalue weighted by molar-refractivity contribution is 5.40. The molecule has 0 aliphatic carbocycles. The Morgan fingerprint density at radius 3 is 2.50 bits per heavy atom. The zero-order valence-corrected chi connectivity index (χ0v) is 12.5. The van der Waals surface area contributed by atoms with E-state index < -0.39 is 0 Å². The molecule has 0 radical (unpaired) electrons. The van der Waals surface area contributed by atoms with Crippen LogP contribution in [-0.4, -0.2) is 34.4 Å². The monoisotopic (exact) mass is 276 g/mol. The second-order valence-corrected chi connectivity index (χ2v) is 5.59. The molecule has 2 rings (SSSR count). The Bertz CT molecular complexity index is 587. The first-order valence-electron chi connectivity index (χ1n) is 6.43. The maximum atomic E-state index is 5.38. The highest BCUT2D eigenvalue weighted by Crippen LogP contribution is 2.26. The molecule has 1 aromatic carbocycles. The van der Waals surface area contributed by atoms with Crippen LogP contribution >= 0.6 is 0 Å². The Morgan fingerprint density at radius 1 is 1.15 bits per heavy atom. The normalized spacial score (nSPS) is 11.4. The maximum Gasteiger partial charge on any atom is 0.156 e. The van der Waals surface area contributed by atoms with Gasteiger partial charge in [-0.05, 0) is 28.6 Å². The van der Waals surface area contributed by atoms with E-state index in [-0.39, 0.29) is 5.41 Å². The largest absolute Gasteiger partial charge is 0.497 e. The topological polar surface area (TPSA) is 62.1 Å². The summed E-state index contributed by atoms with van der Waals surface area (Å²) in [6.07, 6.45) is 0. The van der Waals surface area contributed by atoms with E-state index in [1.807, 2.05) is 18.2 Å². The number of rotatable bonds is 4. The van der Waals surface area contributed by atoms with Crippen LogP contribution in [0.1, 0.15) is 32.2 Å². The Hall–Kier alpha value is -2.11. The smallest absolute Gasteiger partial charge is 0.156 e. The number of nitrogens with zero attached hydrogens (tertiary/aromatic N) is 4. The fourth-order valence-corrected chi connectivity index (χ4v) is 2.02. The standard InChI is InChI=1S/C14H20N4O2/c1-14(2,3)13-15-16-17-18(13)9-10-8-11(19-4)6-7-12(10)20-5/h6-8H,9H2,1-5H3. The van der Waals surface area contributed by atoms with Crippen LogP contribution in [0.3, 0.4) is 0 Å². The molecular weight excluding hydrogens is 256 g/mol. The van der Waals surface area contributed by atoms with Crippen molar-refractivity contribution in [2.75, 3.05) is 14.2 Å². The molecule has 0 aliphatic heterocycles. The predicted molar refractivity (Wildman–Crippen MR) is 75.2 cm³/mol. The van der Waals surface area contributed by atoms with Crippen molar-refractivity contribution >= 4 is 0 Å². The van der Waals surface area contributed by atoms with Gasteiger partial charge in [-0.3, -0.25) is 0 Å². The molecule has 20 heavy (non-hydrogen) atoms. The number of ether oxygens (including phenoxy) is 2. The summed E-state index contributed by atoms with van der Waals surface area (Å²) in [4.78, 5) is 0. The minimum Gasteiger partial charge on any atom is -0.497 e. The SMILES string of the molecule is COc1ccc(OC)c(Cn2nnnc2C(C)(C)C)c1. The van der Waals surface area contributed by atoms with Crippen molar-refractivity contribution in [3.8, 4) is 11.5 Å². The van der Waals surface area contributed by atoms with Gasteiger partial charge in [0, 0.05) is 11.0 Å². The molecule has 0 atom stereocenters.